The smallest absolute Gasteiger partial charge is 0.311 e. The Morgan fingerprint density at radius 2 is 1.73 bits per heavy atom. The molecule has 0 aliphatic heterocycles. The van der Waals surface area contributed by atoms with Gasteiger partial charge in [-0.3, -0.25) is 9.59 Å². The number of fused-ring (bicyclic) bond motifs is 3. The van der Waals surface area contributed by atoms with Crippen molar-refractivity contribution in [1.29, 1.82) is 0 Å². The van der Waals surface area contributed by atoms with Crippen LogP contribution < -0.4 is 5.56 Å². The molecule has 130 valence electrons. The van der Waals surface area contributed by atoms with Crippen molar-refractivity contribution in [3.05, 3.63) is 81.8 Å². The zero-order chi connectivity index (χ0) is 18.1. The second kappa shape index (κ2) is 6.80. The van der Waals surface area contributed by atoms with Gasteiger partial charge in [-0.1, -0.05) is 60.3 Å². The first-order valence-electron chi connectivity index (χ1n) is 8.17. The van der Waals surface area contributed by atoms with Crippen molar-refractivity contribution in [1.82, 2.24) is 9.97 Å². The number of thioether (sulfide) groups is 1. The summed E-state index contributed by atoms with van der Waals surface area (Å²) in [6, 6.07) is 17.8. The van der Waals surface area contributed by atoms with Gasteiger partial charge in [-0.2, -0.15) is 0 Å². The number of ether oxygens (including phenoxy) is 1. The molecular formula is C20H16N2O3S. The first kappa shape index (κ1) is 16.6. The van der Waals surface area contributed by atoms with E-state index in [9.17, 15) is 9.59 Å². The summed E-state index contributed by atoms with van der Waals surface area (Å²) in [6.45, 7) is 0. The maximum Gasteiger partial charge on any atom is 0.311 e. The molecule has 1 aliphatic carbocycles. The molecule has 1 aromatic heterocycles. The van der Waals surface area contributed by atoms with Crippen molar-refractivity contribution in [3.63, 3.8) is 0 Å². The van der Waals surface area contributed by atoms with E-state index in [0.29, 0.717) is 10.9 Å². The van der Waals surface area contributed by atoms with Gasteiger partial charge >= 0.3 is 5.97 Å². The normalized spacial score (nSPS) is 12.5. The Labute approximate surface area is 154 Å². The van der Waals surface area contributed by atoms with Crippen molar-refractivity contribution < 1.29 is 9.53 Å². The van der Waals surface area contributed by atoms with Gasteiger partial charge in [0, 0.05) is 6.07 Å². The number of hydrogen-bond donors (Lipinski definition) is 1. The molecule has 1 heterocycles. The standard InChI is InChI=1S/C20H16N2O3S/c1-25-18(24)11-12-10-17(23)22-20(21-12)26-19-15-8-4-2-6-13(15)14-7-3-5-9-16(14)19/h2-10,19H,11H2,1H3,(H,21,22,23). The zero-order valence-electron chi connectivity index (χ0n) is 14.1. The van der Waals surface area contributed by atoms with Gasteiger partial charge in [-0.25, -0.2) is 4.98 Å². The third-order valence-electron chi connectivity index (χ3n) is 4.33. The molecule has 0 unspecified atom stereocenters. The van der Waals surface area contributed by atoms with E-state index in [-0.39, 0.29) is 17.2 Å². The quantitative estimate of drug-likeness (QED) is 0.568. The lowest BCUT2D eigenvalue weighted by Crippen LogP contribution is -2.14. The lowest BCUT2D eigenvalue weighted by Gasteiger charge is -2.13. The third kappa shape index (κ3) is 3.04. The van der Waals surface area contributed by atoms with Gasteiger partial charge < -0.3 is 9.72 Å². The molecule has 0 bridgehead atoms. The number of benzene rings is 2. The molecule has 0 atom stereocenters. The molecule has 2 aromatic carbocycles. The summed E-state index contributed by atoms with van der Waals surface area (Å²) in [5, 5.41) is 0.534. The maximum atomic E-state index is 12.0. The fourth-order valence-electron chi connectivity index (χ4n) is 3.20. The van der Waals surface area contributed by atoms with Crippen LogP contribution in [0.2, 0.25) is 0 Å². The van der Waals surface area contributed by atoms with Crippen LogP contribution in [-0.4, -0.2) is 23.0 Å². The van der Waals surface area contributed by atoms with E-state index in [1.54, 1.807) is 0 Å². The van der Waals surface area contributed by atoms with Crippen LogP contribution in [0.4, 0.5) is 0 Å². The lowest BCUT2D eigenvalue weighted by molar-refractivity contribution is -0.139. The molecule has 0 spiro atoms. The first-order valence-corrected chi connectivity index (χ1v) is 9.05. The molecular weight excluding hydrogens is 348 g/mol. The van der Waals surface area contributed by atoms with Gasteiger partial charge in [0.1, 0.15) is 0 Å². The maximum absolute atomic E-state index is 12.0. The summed E-state index contributed by atoms with van der Waals surface area (Å²) in [4.78, 5) is 30.7. The van der Waals surface area contributed by atoms with E-state index >= 15 is 0 Å². The highest BCUT2D eigenvalue weighted by Crippen LogP contribution is 2.51. The Kier molecular flexibility index (Phi) is 4.34. The molecule has 4 rings (SSSR count). The Morgan fingerprint density at radius 3 is 2.35 bits per heavy atom. The lowest BCUT2D eigenvalue weighted by atomic mass is 10.1. The molecule has 0 amide bonds. The molecule has 1 aliphatic rings. The van der Waals surface area contributed by atoms with Gasteiger partial charge in [-0.05, 0) is 22.3 Å². The summed E-state index contributed by atoms with van der Waals surface area (Å²) < 4.78 is 4.66. The van der Waals surface area contributed by atoms with E-state index in [2.05, 4.69) is 39.0 Å². The van der Waals surface area contributed by atoms with Gasteiger partial charge in [0.15, 0.2) is 5.16 Å². The summed E-state index contributed by atoms with van der Waals surface area (Å²) in [5.74, 6) is -0.421. The Balaban J connectivity index is 1.72. The van der Waals surface area contributed by atoms with Gasteiger partial charge in [-0.15, -0.1) is 0 Å². The molecule has 0 saturated carbocycles. The zero-order valence-corrected chi connectivity index (χ0v) is 14.9. The van der Waals surface area contributed by atoms with E-state index in [1.165, 1.54) is 47.2 Å². The number of nitrogens with one attached hydrogen (secondary N) is 1. The monoisotopic (exact) mass is 364 g/mol. The van der Waals surface area contributed by atoms with E-state index in [1.807, 2.05) is 24.3 Å². The van der Waals surface area contributed by atoms with Crippen molar-refractivity contribution in [3.8, 4) is 11.1 Å². The van der Waals surface area contributed by atoms with Crippen LogP contribution in [-0.2, 0) is 16.0 Å². The van der Waals surface area contributed by atoms with Crippen LogP contribution in [0.3, 0.4) is 0 Å². The van der Waals surface area contributed by atoms with Crippen molar-refractivity contribution in [2.24, 2.45) is 0 Å². The fraction of sp³-hybridized carbons (Fsp3) is 0.150. The van der Waals surface area contributed by atoms with Crippen LogP contribution in [0.1, 0.15) is 22.1 Å². The molecule has 0 saturated heterocycles. The highest BCUT2D eigenvalue weighted by molar-refractivity contribution is 7.99. The number of aromatic nitrogens is 2. The predicted molar refractivity (Wildman–Crippen MR) is 100 cm³/mol. The number of carbonyl (C=O) groups is 1. The number of hydrogen-bond acceptors (Lipinski definition) is 5. The second-order valence-corrected chi connectivity index (χ2v) is 7.06. The number of H-pyrrole nitrogens is 1. The minimum absolute atomic E-state index is 0.0220. The number of nitrogens with zero attached hydrogens (tertiary/aromatic N) is 1. The van der Waals surface area contributed by atoms with E-state index < -0.39 is 5.97 Å². The SMILES string of the molecule is COC(=O)Cc1cc(=O)[nH]c(SC2c3ccccc3-c3ccccc32)n1. The number of methoxy groups -OCH3 is 1. The van der Waals surface area contributed by atoms with Crippen molar-refractivity contribution in [2.45, 2.75) is 16.8 Å². The Hall–Kier alpha value is -2.86. The van der Waals surface area contributed by atoms with Gasteiger partial charge in [0.2, 0.25) is 0 Å². The number of rotatable bonds is 4. The minimum atomic E-state index is -0.421. The highest BCUT2D eigenvalue weighted by atomic mass is 32.2. The molecule has 6 heteroatoms. The molecule has 3 aromatic rings. The summed E-state index contributed by atoms with van der Waals surface area (Å²) in [6.07, 6.45) is -0.0220. The third-order valence-corrected chi connectivity index (χ3v) is 5.49. The molecule has 26 heavy (non-hydrogen) atoms. The summed E-state index contributed by atoms with van der Waals surface area (Å²) in [7, 11) is 1.32. The summed E-state index contributed by atoms with van der Waals surface area (Å²) in [5.41, 5.74) is 4.92. The Morgan fingerprint density at radius 1 is 1.12 bits per heavy atom. The van der Waals surface area contributed by atoms with Gasteiger partial charge in [0.25, 0.3) is 5.56 Å². The number of aromatic amines is 1. The van der Waals surface area contributed by atoms with Crippen LogP contribution in [0.25, 0.3) is 11.1 Å². The highest BCUT2D eigenvalue weighted by Gasteiger charge is 2.29. The molecule has 5 nitrogen and oxygen atoms in total. The molecule has 1 N–H and O–H groups in total. The van der Waals surface area contributed by atoms with E-state index in [4.69, 9.17) is 0 Å². The second-order valence-electron chi connectivity index (χ2n) is 5.97. The topological polar surface area (TPSA) is 72.1 Å². The predicted octanol–water partition coefficient (Wildman–Crippen LogP) is 3.35. The molecule has 0 fully saturated rings. The van der Waals surface area contributed by atoms with Crippen molar-refractivity contribution in [2.75, 3.05) is 7.11 Å². The van der Waals surface area contributed by atoms with E-state index in [0.717, 1.165) is 0 Å². The van der Waals surface area contributed by atoms with Crippen LogP contribution in [0, 0.1) is 0 Å². The van der Waals surface area contributed by atoms with Crippen molar-refractivity contribution >= 4 is 17.7 Å². The minimum Gasteiger partial charge on any atom is -0.469 e. The number of carbonyl (C=O) groups excluding carboxylic acids is 1. The first-order chi connectivity index (χ1) is 12.7. The average molecular weight is 364 g/mol. The molecule has 0 radical (unpaired) electrons. The average Bonchev–Trinajstić information content (AvgIpc) is 2.96. The Bertz CT molecular complexity index is 999. The van der Waals surface area contributed by atoms with Crippen LogP contribution in [0.15, 0.2) is 64.5 Å². The van der Waals surface area contributed by atoms with Crippen LogP contribution in [0.5, 0.6) is 0 Å². The number of esters is 1. The fourth-order valence-corrected chi connectivity index (χ4v) is 4.42. The largest absolute Gasteiger partial charge is 0.469 e. The van der Waals surface area contributed by atoms with Gasteiger partial charge in [0.05, 0.1) is 24.5 Å². The summed E-state index contributed by atoms with van der Waals surface area (Å²) >= 11 is 1.48. The van der Waals surface area contributed by atoms with Crippen LogP contribution >= 0.6 is 11.8 Å².